The topological polar surface area (TPSA) is 49.4 Å². The standard InChI is InChI=1S/C28H26N2O2S/c1-23-17-19-27(20-18-23)33(31,32)30(22-25-13-7-3-8-14-25)28(21-24-11-5-2-6-12-24)29-26-15-9-4-10-16-26/h2-21,29H,22H2,1H3/b28-21+. The van der Waals surface area contributed by atoms with Crippen molar-refractivity contribution in [2.24, 2.45) is 0 Å². The zero-order valence-electron chi connectivity index (χ0n) is 18.4. The van der Waals surface area contributed by atoms with Crippen LogP contribution in [0.25, 0.3) is 6.08 Å². The molecule has 0 aliphatic carbocycles. The Labute approximate surface area is 195 Å². The second kappa shape index (κ2) is 10.2. The molecule has 0 radical (unpaired) electrons. The molecule has 33 heavy (non-hydrogen) atoms. The van der Waals surface area contributed by atoms with E-state index >= 15 is 0 Å². The number of hydrogen-bond donors (Lipinski definition) is 1. The highest BCUT2D eigenvalue weighted by Gasteiger charge is 2.27. The lowest BCUT2D eigenvalue weighted by atomic mass is 10.2. The predicted molar refractivity (Wildman–Crippen MR) is 135 cm³/mol. The molecule has 0 aromatic heterocycles. The Morgan fingerprint density at radius 2 is 1.30 bits per heavy atom. The first kappa shape index (κ1) is 22.4. The van der Waals surface area contributed by atoms with E-state index in [-0.39, 0.29) is 11.4 Å². The van der Waals surface area contributed by atoms with Gasteiger partial charge >= 0.3 is 0 Å². The monoisotopic (exact) mass is 454 g/mol. The normalized spacial score (nSPS) is 11.7. The van der Waals surface area contributed by atoms with Gasteiger partial charge in [-0.2, -0.15) is 0 Å². The first-order chi connectivity index (χ1) is 16.0. The maximum absolute atomic E-state index is 13.9. The van der Waals surface area contributed by atoms with Crippen LogP contribution in [0, 0.1) is 6.92 Å². The van der Waals surface area contributed by atoms with Crippen LogP contribution in [0.15, 0.2) is 126 Å². The van der Waals surface area contributed by atoms with Crippen molar-refractivity contribution in [1.82, 2.24) is 4.31 Å². The van der Waals surface area contributed by atoms with Crippen molar-refractivity contribution < 1.29 is 8.42 Å². The van der Waals surface area contributed by atoms with Crippen molar-refractivity contribution >= 4 is 21.8 Å². The lowest BCUT2D eigenvalue weighted by Gasteiger charge is -2.28. The molecule has 0 spiro atoms. The third kappa shape index (κ3) is 5.70. The molecule has 4 aromatic carbocycles. The summed E-state index contributed by atoms with van der Waals surface area (Å²) in [5, 5.41) is 3.34. The highest BCUT2D eigenvalue weighted by Crippen LogP contribution is 2.26. The maximum atomic E-state index is 13.9. The van der Waals surface area contributed by atoms with Gasteiger partial charge in [0.1, 0.15) is 5.82 Å². The van der Waals surface area contributed by atoms with Crippen LogP contribution in [0.5, 0.6) is 0 Å². The van der Waals surface area contributed by atoms with E-state index < -0.39 is 10.0 Å². The molecular formula is C28H26N2O2S. The fourth-order valence-electron chi connectivity index (χ4n) is 3.43. The Kier molecular flexibility index (Phi) is 6.91. The smallest absolute Gasteiger partial charge is 0.265 e. The Morgan fingerprint density at radius 1 is 0.758 bits per heavy atom. The summed E-state index contributed by atoms with van der Waals surface area (Å²) in [6.45, 7) is 2.13. The largest absolute Gasteiger partial charge is 0.341 e. The van der Waals surface area contributed by atoms with Gasteiger partial charge in [-0.05, 0) is 48.4 Å². The summed E-state index contributed by atoms with van der Waals surface area (Å²) >= 11 is 0. The van der Waals surface area contributed by atoms with Crippen LogP contribution in [0.2, 0.25) is 0 Å². The number of para-hydroxylation sites is 1. The Morgan fingerprint density at radius 3 is 1.91 bits per heavy atom. The molecule has 4 nitrogen and oxygen atoms in total. The predicted octanol–water partition coefficient (Wildman–Crippen LogP) is 6.30. The van der Waals surface area contributed by atoms with Gasteiger partial charge in [0.2, 0.25) is 0 Å². The molecular weight excluding hydrogens is 428 g/mol. The van der Waals surface area contributed by atoms with Gasteiger partial charge < -0.3 is 5.32 Å². The van der Waals surface area contributed by atoms with Crippen LogP contribution in [-0.2, 0) is 16.6 Å². The first-order valence-electron chi connectivity index (χ1n) is 10.7. The molecule has 0 saturated heterocycles. The van der Waals surface area contributed by atoms with Crippen molar-refractivity contribution in [2.45, 2.75) is 18.4 Å². The number of benzene rings is 4. The quantitative estimate of drug-likeness (QED) is 0.340. The second-order valence-electron chi connectivity index (χ2n) is 7.74. The highest BCUT2D eigenvalue weighted by atomic mass is 32.2. The number of nitrogens with one attached hydrogen (secondary N) is 1. The van der Waals surface area contributed by atoms with Crippen molar-refractivity contribution in [2.75, 3.05) is 5.32 Å². The summed E-state index contributed by atoms with van der Waals surface area (Å²) in [4.78, 5) is 0.248. The molecule has 5 heteroatoms. The summed E-state index contributed by atoms with van der Waals surface area (Å²) in [6, 6.07) is 35.9. The van der Waals surface area contributed by atoms with Crippen molar-refractivity contribution in [3.05, 3.63) is 138 Å². The van der Waals surface area contributed by atoms with Crippen LogP contribution in [0.4, 0.5) is 5.69 Å². The minimum Gasteiger partial charge on any atom is -0.341 e. The molecule has 0 unspecified atom stereocenters. The number of rotatable bonds is 8. The van der Waals surface area contributed by atoms with Crippen LogP contribution in [0.1, 0.15) is 16.7 Å². The van der Waals surface area contributed by atoms with E-state index in [2.05, 4.69) is 5.32 Å². The molecule has 0 heterocycles. The van der Waals surface area contributed by atoms with E-state index in [4.69, 9.17) is 0 Å². The van der Waals surface area contributed by atoms with E-state index in [1.54, 1.807) is 12.1 Å². The number of anilines is 1. The zero-order valence-corrected chi connectivity index (χ0v) is 19.2. The molecule has 4 aromatic rings. The van der Waals surface area contributed by atoms with E-state index in [1.807, 2.05) is 116 Å². The SMILES string of the molecule is Cc1ccc(S(=O)(=O)N(Cc2ccccc2)/C(=C/c2ccccc2)Nc2ccccc2)cc1. The molecule has 0 fully saturated rings. The summed E-state index contributed by atoms with van der Waals surface area (Å²) in [7, 11) is -3.85. The van der Waals surface area contributed by atoms with Gasteiger partial charge in [0, 0.05) is 5.69 Å². The summed E-state index contributed by atoms with van der Waals surface area (Å²) < 4.78 is 29.3. The molecule has 166 valence electrons. The van der Waals surface area contributed by atoms with Gasteiger partial charge in [0.25, 0.3) is 10.0 Å². The van der Waals surface area contributed by atoms with E-state index in [1.165, 1.54) is 4.31 Å². The van der Waals surface area contributed by atoms with Gasteiger partial charge in [0.15, 0.2) is 0 Å². The zero-order chi connectivity index (χ0) is 23.1. The molecule has 0 atom stereocenters. The molecule has 4 rings (SSSR count). The van der Waals surface area contributed by atoms with E-state index in [0.29, 0.717) is 5.82 Å². The lowest BCUT2D eigenvalue weighted by molar-refractivity contribution is 0.477. The van der Waals surface area contributed by atoms with Crippen molar-refractivity contribution in [3.8, 4) is 0 Å². The van der Waals surface area contributed by atoms with Crippen LogP contribution in [-0.4, -0.2) is 12.7 Å². The maximum Gasteiger partial charge on any atom is 0.265 e. The van der Waals surface area contributed by atoms with Gasteiger partial charge in [0.05, 0.1) is 11.4 Å². The molecule has 0 aliphatic rings. The molecule has 1 N–H and O–H groups in total. The van der Waals surface area contributed by atoms with E-state index in [9.17, 15) is 8.42 Å². The van der Waals surface area contributed by atoms with Gasteiger partial charge in [-0.1, -0.05) is 96.6 Å². The third-order valence-corrected chi connectivity index (χ3v) is 6.97. The minimum absolute atomic E-state index is 0.190. The minimum atomic E-state index is -3.85. The number of aryl methyl sites for hydroxylation is 1. The summed E-state index contributed by atoms with van der Waals surface area (Å²) in [6.07, 6.45) is 1.86. The average Bonchev–Trinajstić information content (AvgIpc) is 2.84. The Bertz CT molecular complexity index is 1300. The number of sulfonamides is 1. The van der Waals surface area contributed by atoms with Crippen LogP contribution < -0.4 is 5.32 Å². The van der Waals surface area contributed by atoms with Gasteiger partial charge in [-0.15, -0.1) is 0 Å². The van der Waals surface area contributed by atoms with Gasteiger partial charge in [-0.3, -0.25) is 0 Å². The van der Waals surface area contributed by atoms with Crippen molar-refractivity contribution in [3.63, 3.8) is 0 Å². The van der Waals surface area contributed by atoms with Crippen molar-refractivity contribution in [1.29, 1.82) is 0 Å². The molecule has 0 aliphatic heterocycles. The Balaban J connectivity index is 1.85. The fraction of sp³-hybridized carbons (Fsp3) is 0.0714. The second-order valence-corrected chi connectivity index (χ2v) is 9.60. The first-order valence-corrected chi connectivity index (χ1v) is 12.2. The summed E-state index contributed by atoms with van der Waals surface area (Å²) in [5.41, 5.74) is 3.60. The Hall–Kier alpha value is -3.83. The molecule has 0 saturated carbocycles. The third-order valence-electron chi connectivity index (χ3n) is 5.20. The average molecular weight is 455 g/mol. The summed E-state index contributed by atoms with van der Waals surface area (Å²) in [5.74, 6) is 0.469. The van der Waals surface area contributed by atoms with E-state index in [0.717, 1.165) is 22.4 Å². The molecule has 0 bridgehead atoms. The molecule has 0 amide bonds. The van der Waals surface area contributed by atoms with Gasteiger partial charge in [-0.25, -0.2) is 12.7 Å². The number of hydrogen-bond acceptors (Lipinski definition) is 3. The van der Waals surface area contributed by atoms with Crippen LogP contribution in [0.3, 0.4) is 0 Å². The fourth-order valence-corrected chi connectivity index (χ4v) is 4.84. The number of nitrogens with zero attached hydrogens (tertiary/aromatic N) is 1. The lowest BCUT2D eigenvalue weighted by Crippen LogP contribution is -2.33. The highest BCUT2D eigenvalue weighted by molar-refractivity contribution is 7.89. The van der Waals surface area contributed by atoms with Crippen LogP contribution >= 0.6 is 0 Å².